The Morgan fingerprint density at radius 3 is 2.47 bits per heavy atom. The summed E-state index contributed by atoms with van der Waals surface area (Å²) in [7, 11) is 0. The van der Waals surface area contributed by atoms with E-state index in [-0.39, 0.29) is 5.91 Å². The van der Waals surface area contributed by atoms with E-state index in [1.54, 1.807) is 12.5 Å². The molecule has 3 heterocycles. The number of amides is 1. The average molecular weight is 588 g/mol. The van der Waals surface area contributed by atoms with Crippen LogP contribution in [0.3, 0.4) is 0 Å². The number of para-hydroxylation sites is 2. The lowest BCUT2D eigenvalue weighted by molar-refractivity contribution is -0.114. The zero-order chi connectivity index (χ0) is 29.8. The second kappa shape index (κ2) is 12.3. The van der Waals surface area contributed by atoms with Gasteiger partial charge < -0.3 is 20.7 Å². The number of aromatic nitrogens is 4. The van der Waals surface area contributed by atoms with Gasteiger partial charge in [0.1, 0.15) is 33.2 Å². The molecule has 43 heavy (non-hydrogen) atoms. The molecule has 0 fully saturated rings. The fraction of sp³-hybridized carbons (Fsp3) is 0.121. The van der Waals surface area contributed by atoms with E-state index >= 15 is 0 Å². The molecule has 214 valence electrons. The van der Waals surface area contributed by atoms with Crippen LogP contribution in [0.2, 0.25) is 0 Å². The summed E-state index contributed by atoms with van der Waals surface area (Å²) in [6.07, 6.45) is 3.27. The molecular weight excluding hydrogens is 558 g/mol. The van der Waals surface area contributed by atoms with Crippen molar-refractivity contribution in [1.82, 2.24) is 19.9 Å². The van der Waals surface area contributed by atoms with Gasteiger partial charge in [-0.1, -0.05) is 47.7 Å². The summed E-state index contributed by atoms with van der Waals surface area (Å²) < 4.78 is 6.01. The number of aryl methyl sites for hydroxylation is 2. The third-order valence-electron chi connectivity index (χ3n) is 6.67. The van der Waals surface area contributed by atoms with Crippen molar-refractivity contribution < 1.29 is 9.53 Å². The van der Waals surface area contributed by atoms with Crippen molar-refractivity contribution in [2.75, 3.05) is 16.0 Å². The van der Waals surface area contributed by atoms with Crippen molar-refractivity contribution in [2.45, 2.75) is 27.3 Å². The van der Waals surface area contributed by atoms with Crippen molar-refractivity contribution in [2.24, 2.45) is 0 Å². The molecule has 6 rings (SSSR count). The number of anilines is 4. The standard InChI is InChI=1S/C33H29N7O2S/c1-20-16-25(13-15-29(20)42-26-14-8-21(2)34-18-26)39-31-30-33(37-19-36-31)43-32(40-30)24-11-9-23(10-12-24)17-35-27-6-4-5-7-28(27)38-22(3)41/h4-16,18-19,35H,17H2,1-3H3,(H,38,41)(H,36,37,39). The monoisotopic (exact) mass is 587 g/mol. The normalized spacial score (nSPS) is 10.9. The lowest BCUT2D eigenvalue weighted by atomic mass is 10.1. The van der Waals surface area contributed by atoms with E-state index in [1.807, 2.05) is 68.4 Å². The van der Waals surface area contributed by atoms with Crippen LogP contribution in [0.15, 0.2) is 91.4 Å². The number of hydrogen-bond acceptors (Lipinski definition) is 9. The number of pyridine rings is 1. The fourth-order valence-corrected chi connectivity index (χ4v) is 5.40. The Balaban J connectivity index is 1.15. The summed E-state index contributed by atoms with van der Waals surface area (Å²) in [5.74, 6) is 1.99. The van der Waals surface area contributed by atoms with Crippen molar-refractivity contribution in [3.8, 4) is 22.1 Å². The van der Waals surface area contributed by atoms with Gasteiger partial charge in [0.15, 0.2) is 5.82 Å². The summed E-state index contributed by atoms with van der Waals surface area (Å²) in [6, 6.07) is 25.6. The molecule has 0 saturated heterocycles. The molecule has 0 radical (unpaired) electrons. The summed E-state index contributed by atoms with van der Waals surface area (Å²) in [4.78, 5) is 30.4. The van der Waals surface area contributed by atoms with Gasteiger partial charge in [-0.05, 0) is 67.4 Å². The second-order valence-corrected chi connectivity index (χ2v) is 11.0. The molecule has 0 atom stereocenters. The number of carbonyl (C=O) groups is 1. The predicted molar refractivity (Wildman–Crippen MR) is 172 cm³/mol. The average Bonchev–Trinajstić information content (AvgIpc) is 3.45. The van der Waals surface area contributed by atoms with Crippen molar-refractivity contribution in [1.29, 1.82) is 0 Å². The van der Waals surface area contributed by atoms with Gasteiger partial charge in [0.25, 0.3) is 0 Å². The number of carbonyl (C=O) groups excluding carboxylic acids is 1. The Kier molecular flexibility index (Phi) is 7.92. The number of rotatable bonds is 9. The van der Waals surface area contributed by atoms with Gasteiger partial charge in [-0.3, -0.25) is 9.78 Å². The second-order valence-electron chi connectivity index (χ2n) is 10.0. The molecule has 9 nitrogen and oxygen atoms in total. The highest BCUT2D eigenvalue weighted by atomic mass is 32.1. The molecule has 3 aromatic carbocycles. The van der Waals surface area contributed by atoms with Crippen LogP contribution < -0.4 is 20.7 Å². The minimum atomic E-state index is -0.105. The molecule has 10 heteroatoms. The highest BCUT2D eigenvalue weighted by Gasteiger charge is 2.13. The van der Waals surface area contributed by atoms with E-state index in [9.17, 15) is 4.79 Å². The van der Waals surface area contributed by atoms with Crippen LogP contribution in [0.1, 0.15) is 23.7 Å². The van der Waals surface area contributed by atoms with Crippen LogP contribution in [0.25, 0.3) is 20.9 Å². The van der Waals surface area contributed by atoms with E-state index in [4.69, 9.17) is 9.72 Å². The van der Waals surface area contributed by atoms with Crippen molar-refractivity contribution >= 4 is 50.5 Å². The molecule has 1 amide bonds. The lowest BCUT2D eigenvalue weighted by Gasteiger charge is -2.12. The van der Waals surface area contributed by atoms with Gasteiger partial charge in [0.05, 0.1) is 17.6 Å². The molecule has 6 aromatic rings. The molecule has 3 N–H and O–H groups in total. The SMILES string of the molecule is CC(=O)Nc1ccccc1NCc1ccc(-c2nc3c(Nc4ccc(Oc5ccc(C)nc5)c(C)c4)ncnc3s2)cc1. The van der Waals surface area contributed by atoms with Gasteiger partial charge in [0, 0.05) is 30.4 Å². The minimum absolute atomic E-state index is 0.105. The van der Waals surface area contributed by atoms with E-state index in [0.29, 0.717) is 23.6 Å². The zero-order valence-electron chi connectivity index (χ0n) is 23.9. The summed E-state index contributed by atoms with van der Waals surface area (Å²) in [6.45, 7) is 6.06. The molecule has 0 saturated carbocycles. The summed E-state index contributed by atoms with van der Waals surface area (Å²) in [5.41, 5.74) is 7.23. The van der Waals surface area contributed by atoms with Gasteiger partial charge >= 0.3 is 0 Å². The number of nitrogens with zero attached hydrogens (tertiary/aromatic N) is 4. The van der Waals surface area contributed by atoms with E-state index in [0.717, 1.165) is 55.0 Å². The minimum Gasteiger partial charge on any atom is -0.455 e. The molecule has 3 aromatic heterocycles. The highest BCUT2D eigenvalue weighted by molar-refractivity contribution is 7.21. The number of hydrogen-bond donors (Lipinski definition) is 3. The third kappa shape index (κ3) is 6.60. The first-order valence-corrected chi connectivity index (χ1v) is 14.5. The largest absolute Gasteiger partial charge is 0.455 e. The zero-order valence-corrected chi connectivity index (χ0v) is 24.7. The number of thiazole rings is 1. The Bertz CT molecular complexity index is 1900. The maximum Gasteiger partial charge on any atom is 0.221 e. The van der Waals surface area contributed by atoms with Gasteiger partial charge in [-0.15, -0.1) is 0 Å². The van der Waals surface area contributed by atoms with Crippen LogP contribution in [0.5, 0.6) is 11.5 Å². The van der Waals surface area contributed by atoms with Crippen LogP contribution in [0.4, 0.5) is 22.9 Å². The summed E-state index contributed by atoms with van der Waals surface area (Å²) >= 11 is 1.52. The molecule has 0 spiro atoms. The molecule has 0 aliphatic rings. The summed E-state index contributed by atoms with van der Waals surface area (Å²) in [5, 5.41) is 10.5. The van der Waals surface area contributed by atoms with Crippen molar-refractivity contribution in [3.63, 3.8) is 0 Å². The third-order valence-corrected chi connectivity index (χ3v) is 7.68. The van der Waals surface area contributed by atoms with Crippen LogP contribution in [-0.4, -0.2) is 25.8 Å². The molecule has 0 bridgehead atoms. The first-order chi connectivity index (χ1) is 20.9. The predicted octanol–water partition coefficient (Wildman–Crippen LogP) is 7.87. The maximum absolute atomic E-state index is 11.5. The quantitative estimate of drug-likeness (QED) is 0.157. The lowest BCUT2D eigenvalue weighted by Crippen LogP contribution is -2.09. The van der Waals surface area contributed by atoms with Gasteiger partial charge in [-0.2, -0.15) is 0 Å². The Labute approximate surface area is 253 Å². The molecule has 0 aliphatic heterocycles. The Morgan fingerprint density at radius 2 is 1.72 bits per heavy atom. The first kappa shape index (κ1) is 27.8. The van der Waals surface area contributed by atoms with Crippen molar-refractivity contribution in [3.05, 3.63) is 108 Å². The highest BCUT2D eigenvalue weighted by Crippen LogP contribution is 2.34. The first-order valence-electron chi connectivity index (χ1n) is 13.7. The number of nitrogens with one attached hydrogen (secondary N) is 3. The van der Waals surface area contributed by atoms with E-state index in [1.165, 1.54) is 18.3 Å². The molecule has 0 aliphatic carbocycles. The number of fused-ring (bicyclic) bond motifs is 1. The van der Waals surface area contributed by atoms with Crippen LogP contribution in [-0.2, 0) is 11.3 Å². The maximum atomic E-state index is 11.5. The van der Waals surface area contributed by atoms with Crippen LogP contribution >= 0.6 is 11.3 Å². The van der Waals surface area contributed by atoms with Gasteiger partial charge in [0.2, 0.25) is 5.91 Å². The van der Waals surface area contributed by atoms with E-state index in [2.05, 4.69) is 55.2 Å². The van der Waals surface area contributed by atoms with Crippen LogP contribution in [0, 0.1) is 13.8 Å². The van der Waals surface area contributed by atoms with Gasteiger partial charge in [-0.25, -0.2) is 15.0 Å². The molecular formula is C33H29N7O2S. The Hall–Kier alpha value is -5.35. The topological polar surface area (TPSA) is 114 Å². The number of benzene rings is 3. The van der Waals surface area contributed by atoms with E-state index < -0.39 is 0 Å². The number of ether oxygens (including phenoxy) is 1. The Morgan fingerprint density at radius 1 is 0.907 bits per heavy atom. The molecule has 0 unspecified atom stereocenters. The fourth-order valence-electron chi connectivity index (χ4n) is 4.49. The smallest absolute Gasteiger partial charge is 0.221 e.